The predicted molar refractivity (Wildman–Crippen MR) is 128 cm³/mol. The van der Waals surface area contributed by atoms with Gasteiger partial charge in [0.2, 0.25) is 0 Å². The van der Waals surface area contributed by atoms with Crippen LogP contribution in [0, 0.1) is 23.0 Å². The second kappa shape index (κ2) is 10.1. The molecule has 0 saturated carbocycles. The number of anilines is 1. The molecular formula is C24H21ClF2N6O. The summed E-state index contributed by atoms with van der Waals surface area (Å²) in [7, 11) is 1.44. The number of hydrogen-bond donors (Lipinski definition) is 1. The molecule has 5 rings (SSSR count). The molecule has 0 aliphatic carbocycles. The largest absolute Gasteiger partial charge is 0.467 e. The first-order valence-electron chi connectivity index (χ1n) is 10.5. The van der Waals surface area contributed by atoms with E-state index in [0.29, 0.717) is 27.5 Å². The van der Waals surface area contributed by atoms with Crippen LogP contribution in [0.2, 0.25) is 5.02 Å². The van der Waals surface area contributed by atoms with Gasteiger partial charge in [-0.1, -0.05) is 35.9 Å². The number of rotatable bonds is 3. The SMILES string of the molecule is CC#N.COc1nc(N2CCNCC2)c2cnc(-c3cccc4ccc(F)c(Cl)c34)c(F)c2n1. The maximum absolute atomic E-state index is 15.8. The normalized spacial score (nSPS) is 13.4. The zero-order valence-electron chi connectivity index (χ0n) is 18.6. The number of aromatic nitrogens is 3. The summed E-state index contributed by atoms with van der Waals surface area (Å²) in [6.07, 6.45) is 1.55. The second-order valence-electron chi connectivity index (χ2n) is 7.44. The van der Waals surface area contributed by atoms with Gasteiger partial charge in [0.05, 0.1) is 23.6 Å². The Kier molecular flexibility index (Phi) is 7.01. The van der Waals surface area contributed by atoms with Gasteiger partial charge < -0.3 is 15.0 Å². The van der Waals surface area contributed by atoms with Crippen LogP contribution in [0.5, 0.6) is 6.01 Å². The number of benzene rings is 2. The molecule has 1 N–H and O–H groups in total. The molecule has 1 saturated heterocycles. The number of pyridine rings is 1. The van der Waals surface area contributed by atoms with E-state index in [9.17, 15) is 4.39 Å². The van der Waals surface area contributed by atoms with Crippen LogP contribution in [0.15, 0.2) is 36.5 Å². The molecule has 1 aliphatic heterocycles. The summed E-state index contributed by atoms with van der Waals surface area (Å²) in [6, 6.07) is 9.92. The zero-order valence-corrected chi connectivity index (χ0v) is 19.3. The van der Waals surface area contributed by atoms with E-state index in [0.717, 1.165) is 26.2 Å². The van der Waals surface area contributed by atoms with Crippen molar-refractivity contribution >= 4 is 39.1 Å². The van der Waals surface area contributed by atoms with Crippen molar-refractivity contribution < 1.29 is 13.5 Å². The third kappa shape index (κ3) is 4.30. The summed E-state index contributed by atoms with van der Waals surface area (Å²) in [5.41, 5.74) is 0.523. The third-order valence-electron chi connectivity index (χ3n) is 5.43. The minimum absolute atomic E-state index is 0.0395. The maximum Gasteiger partial charge on any atom is 0.318 e. The van der Waals surface area contributed by atoms with Gasteiger partial charge in [0.25, 0.3) is 0 Å². The molecule has 0 bridgehead atoms. The maximum atomic E-state index is 15.8. The van der Waals surface area contributed by atoms with Gasteiger partial charge in [-0.25, -0.2) is 8.78 Å². The Balaban J connectivity index is 0.000000868. The van der Waals surface area contributed by atoms with E-state index >= 15 is 4.39 Å². The van der Waals surface area contributed by atoms with Gasteiger partial charge in [-0.2, -0.15) is 15.2 Å². The first-order chi connectivity index (χ1) is 16.5. The van der Waals surface area contributed by atoms with Crippen LogP contribution >= 0.6 is 11.6 Å². The standard InChI is InChI=1S/C22H18ClF2N5O.C2H3N/c1-31-22-28-20-14(21(29-22)30-9-7-26-8-10-30)11-27-19(18(20)25)13-4-2-3-12-5-6-15(24)17(23)16(12)13;1-2-3/h2-6,11,26H,7-10H2,1H3;1H3. The monoisotopic (exact) mass is 482 g/mol. The molecule has 0 atom stereocenters. The molecule has 1 fully saturated rings. The predicted octanol–water partition coefficient (Wildman–Crippen LogP) is 4.72. The lowest BCUT2D eigenvalue weighted by atomic mass is 10.0. The molecule has 34 heavy (non-hydrogen) atoms. The number of fused-ring (bicyclic) bond motifs is 2. The fraction of sp³-hybridized carbons (Fsp3) is 0.250. The highest BCUT2D eigenvalue weighted by Crippen LogP contribution is 2.38. The molecular weight excluding hydrogens is 462 g/mol. The minimum atomic E-state index is -0.637. The van der Waals surface area contributed by atoms with Gasteiger partial charge in [0, 0.05) is 50.2 Å². The number of piperazine rings is 1. The Labute approximate surface area is 200 Å². The molecule has 2 aromatic heterocycles. The first kappa shape index (κ1) is 23.5. The molecule has 2 aromatic carbocycles. The highest BCUT2D eigenvalue weighted by Gasteiger charge is 2.23. The van der Waals surface area contributed by atoms with Gasteiger partial charge in [0.1, 0.15) is 22.8 Å². The van der Waals surface area contributed by atoms with E-state index in [2.05, 4.69) is 20.3 Å². The minimum Gasteiger partial charge on any atom is -0.467 e. The molecule has 10 heteroatoms. The average molecular weight is 483 g/mol. The van der Waals surface area contributed by atoms with Crippen molar-refractivity contribution in [2.45, 2.75) is 6.92 Å². The number of nitrogens with one attached hydrogen (secondary N) is 1. The number of nitriles is 1. The lowest BCUT2D eigenvalue weighted by Gasteiger charge is -2.29. The van der Waals surface area contributed by atoms with Gasteiger partial charge in [-0.15, -0.1) is 0 Å². The smallest absolute Gasteiger partial charge is 0.318 e. The summed E-state index contributed by atoms with van der Waals surface area (Å²) < 4.78 is 35.2. The van der Waals surface area contributed by atoms with Crippen LogP contribution in [0.4, 0.5) is 14.6 Å². The van der Waals surface area contributed by atoms with Gasteiger partial charge in [0.15, 0.2) is 5.82 Å². The Morgan fingerprint density at radius 1 is 1.15 bits per heavy atom. The van der Waals surface area contributed by atoms with Crippen LogP contribution in [0.25, 0.3) is 32.9 Å². The lowest BCUT2D eigenvalue weighted by Crippen LogP contribution is -2.44. The van der Waals surface area contributed by atoms with Crippen molar-refractivity contribution in [2.24, 2.45) is 0 Å². The third-order valence-corrected chi connectivity index (χ3v) is 5.80. The quantitative estimate of drug-likeness (QED) is 0.452. The molecule has 4 aromatic rings. The van der Waals surface area contributed by atoms with Crippen molar-refractivity contribution in [3.63, 3.8) is 0 Å². The molecule has 3 heterocycles. The number of nitrogens with zero attached hydrogens (tertiary/aromatic N) is 5. The topological polar surface area (TPSA) is 87.0 Å². The van der Waals surface area contributed by atoms with Gasteiger partial charge >= 0.3 is 6.01 Å². The first-order valence-corrected chi connectivity index (χ1v) is 10.9. The van der Waals surface area contributed by atoms with Crippen molar-refractivity contribution in [3.05, 3.63) is 53.2 Å². The van der Waals surface area contributed by atoms with E-state index in [4.69, 9.17) is 21.6 Å². The fourth-order valence-corrected chi connectivity index (χ4v) is 4.20. The summed E-state index contributed by atoms with van der Waals surface area (Å²) in [5.74, 6) is -0.640. The molecule has 0 radical (unpaired) electrons. The number of hydrogen-bond acceptors (Lipinski definition) is 7. The Morgan fingerprint density at radius 3 is 2.59 bits per heavy atom. The van der Waals surface area contributed by atoms with Crippen molar-refractivity contribution in [1.82, 2.24) is 20.3 Å². The van der Waals surface area contributed by atoms with Crippen LogP contribution in [-0.2, 0) is 0 Å². The van der Waals surface area contributed by atoms with E-state index in [1.165, 1.54) is 20.1 Å². The Hall–Kier alpha value is -3.61. The number of ether oxygens (including phenoxy) is 1. The van der Waals surface area contributed by atoms with Crippen molar-refractivity contribution in [2.75, 3.05) is 38.2 Å². The van der Waals surface area contributed by atoms with E-state index in [-0.39, 0.29) is 22.2 Å². The van der Waals surface area contributed by atoms with Crippen LogP contribution in [0.3, 0.4) is 0 Å². The Bertz CT molecular complexity index is 1400. The van der Waals surface area contributed by atoms with Crippen molar-refractivity contribution in [3.8, 4) is 23.3 Å². The fourth-order valence-electron chi connectivity index (χ4n) is 3.93. The molecule has 0 spiro atoms. The zero-order chi connectivity index (χ0) is 24.2. The number of methoxy groups -OCH3 is 1. The van der Waals surface area contributed by atoms with Crippen LogP contribution in [-0.4, -0.2) is 48.2 Å². The lowest BCUT2D eigenvalue weighted by molar-refractivity contribution is 0.381. The molecule has 7 nitrogen and oxygen atoms in total. The summed E-state index contributed by atoms with van der Waals surface area (Å²) in [6.45, 7) is 4.46. The highest BCUT2D eigenvalue weighted by molar-refractivity contribution is 6.36. The van der Waals surface area contributed by atoms with Crippen LogP contribution < -0.4 is 15.0 Å². The summed E-state index contributed by atoms with van der Waals surface area (Å²) >= 11 is 6.24. The molecule has 0 amide bonds. The van der Waals surface area contributed by atoms with E-state index in [1.54, 1.807) is 36.5 Å². The van der Waals surface area contributed by atoms with Crippen molar-refractivity contribution in [1.29, 1.82) is 5.26 Å². The van der Waals surface area contributed by atoms with Crippen LogP contribution in [0.1, 0.15) is 6.92 Å². The second-order valence-corrected chi connectivity index (χ2v) is 7.82. The molecule has 0 unspecified atom stereocenters. The van der Waals surface area contributed by atoms with E-state index in [1.807, 2.05) is 4.90 Å². The van der Waals surface area contributed by atoms with Gasteiger partial charge in [-0.05, 0) is 11.5 Å². The van der Waals surface area contributed by atoms with E-state index < -0.39 is 11.6 Å². The summed E-state index contributed by atoms with van der Waals surface area (Å²) in [5, 5.41) is 12.1. The molecule has 1 aliphatic rings. The van der Waals surface area contributed by atoms with Gasteiger partial charge in [-0.3, -0.25) is 4.98 Å². The molecule has 174 valence electrons. The Morgan fingerprint density at radius 2 is 1.88 bits per heavy atom. The highest BCUT2D eigenvalue weighted by atomic mass is 35.5. The average Bonchev–Trinajstić information content (AvgIpc) is 2.87. The summed E-state index contributed by atoms with van der Waals surface area (Å²) in [4.78, 5) is 15.1. The number of halogens is 3.